The van der Waals surface area contributed by atoms with Crippen molar-refractivity contribution < 1.29 is 8.78 Å². The Kier molecular flexibility index (Phi) is 5.57. The zero-order valence-corrected chi connectivity index (χ0v) is 13.0. The van der Waals surface area contributed by atoms with Crippen LogP contribution in [-0.2, 0) is 6.54 Å². The van der Waals surface area contributed by atoms with Crippen molar-refractivity contribution in [2.45, 2.75) is 25.9 Å². The fourth-order valence-corrected chi connectivity index (χ4v) is 2.71. The molecule has 0 aromatic heterocycles. The molecule has 0 radical (unpaired) electrons. The average Bonchev–Trinajstić information content (AvgIpc) is 2.44. The first-order chi connectivity index (χ1) is 10.0. The van der Waals surface area contributed by atoms with E-state index >= 15 is 0 Å². The van der Waals surface area contributed by atoms with Crippen molar-refractivity contribution in [1.29, 1.82) is 0 Å². The zero-order chi connectivity index (χ0) is 15.4. The Morgan fingerprint density at radius 3 is 2.52 bits per heavy atom. The van der Waals surface area contributed by atoms with Gasteiger partial charge < -0.3 is 5.32 Å². The van der Waals surface area contributed by atoms with Gasteiger partial charge in [0.15, 0.2) is 0 Å². The van der Waals surface area contributed by atoms with Crippen LogP contribution in [0, 0.1) is 11.6 Å². The summed E-state index contributed by atoms with van der Waals surface area (Å²) in [6.07, 6.45) is 0.762. The molecule has 0 aliphatic rings. The molecule has 0 spiro atoms. The molecule has 0 bridgehead atoms. The van der Waals surface area contributed by atoms with Gasteiger partial charge in [-0.1, -0.05) is 36.2 Å². The van der Waals surface area contributed by atoms with Crippen LogP contribution in [-0.4, -0.2) is 0 Å². The Morgan fingerprint density at radius 1 is 1.10 bits per heavy atom. The van der Waals surface area contributed by atoms with E-state index in [0.717, 1.165) is 24.1 Å². The minimum atomic E-state index is -0.453. The molecule has 1 atom stereocenters. The highest BCUT2D eigenvalue weighted by molar-refractivity contribution is 6.35. The first-order valence-electron chi connectivity index (χ1n) is 6.63. The van der Waals surface area contributed by atoms with Crippen molar-refractivity contribution in [2.24, 2.45) is 0 Å². The van der Waals surface area contributed by atoms with E-state index in [1.165, 1.54) is 6.07 Å². The second-order valence-corrected chi connectivity index (χ2v) is 5.59. The van der Waals surface area contributed by atoms with Crippen molar-refractivity contribution in [3.8, 4) is 0 Å². The lowest BCUT2D eigenvalue weighted by Gasteiger charge is -2.19. The first-order valence-corrected chi connectivity index (χ1v) is 7.39. The number of rotatable bonds is 5. The average molecular weight is 330 g/mol. The van der Waals surface area contributed by atoms with Crippen molar-refractivity contribution in [3.63, 3.8) is 0 Å². The van der Waals surface area contributed by atoms with E-state index in [4.69, 9.17) is 23.2 Å². The van der Waals surface area contributed by atoms with Crippen LogP contribution in [0.1, 0.15) is 30.5 Å². The quantitative estimate of drug-likeness (QED) is 0.762. The molecule has 0 fully saturated rings. The summed E-state index contributed by atoms with van der Waals surface area (Å²) in [5, 5.41) is 4.32. The Hall–Kier alpha value is -1.16. The number of halogens is 4. The molecule has 1 unspecified atom stereocenters. The van der Waals surface area contributed by atoms with E-state index in [1.54, 1.807) is 12.1 Å². The number of benzene rings is 2. The summed E-state index contributed by atoms with van der Waals surface area (Å²) in [5.74, 6) is -0.883. The lowest BCUT2D eigenvalue weighted by molar-refractivity contribution is 0.500. The van der Waals surface area contributed by atoms with Gasteiger partial charge in [0.1, 0.15) is 11.6 Å². The monoisotopic (exact) mass is 329 g/mol. The Labute approximate surface area is 132 Å². The molecule has 5 heteroatoms. The normalized spacial score (nSPS) is 12.4. The second kappa shape index (κ2) is 7.21. The van der Waals surface area contributed by atoms with Gasteiger partial charge in [0.25, 0.3) is 0 Å². The van der Waals surface area contributed by atoms with Crippen molar-refractivity contribution in [2.75, 3.05) is 0 Å². The molecule has 0 saturated carbocycles. The number of hydrogen-bond donors (Lipinski definition) is 1. The minimum Gasteiger partial charge on any atom is -0.306 e. The molecule has 0 saturated heterocycles. The van der Waals surface area contributed by atoms with Gasteiger partial charge >= 0.3 is 0 Å². The zero-order valence-electron chi connectivity index (χ0n) is 11.5. The predicted octanol–water partition coefficient (Wildman–Crippen LogP) is 5.51. The maximum absolute atomic E-state index is 13.6. The van der Waals surface area contributed by atoms with Crippen LogP contribution in [0.25, 0.3) is 0 Å². The van der Waals surface area contributed by atoms with Crippen LogP contribution in [0.5, 0.6) is 0 Å². The fraction of sp³-hybridized carbons (Fsp3) is 0.250. The Balaban J connectivity index is 2.14. The Morgan fingerprint density at radius 2 is 1.86 bits per heavy atom. The van der Waals surface area contributed by atoms with Crippen LogP contribution in [0.15, 0.2) is 36.4 Å². The molecule has 0 aliphatic heterocycles. The molecule has 0 heterocycles. The Bertz CT molecular complexity index is 632. The first kappa shape index (κ1) is 16.2. The molecule has 1 N–H and O–H groups in total. The van der Waals surface area contributed by atoms with E-state index in [-0.39, 0.29) is 12.6 Å². The summed E-state index contributed by atoms with van der Waals surface area (Å²) >= 11 is 12.1. The van der Waals surface area contributed by atoms with Crippen molar-refractivity contribution in [1.82, 2.24) is 5.32 Å². The molecule has 2 aromatic carbocycles. The van der Waals surface area contributed by atoms with Gasteiger partial charge in [-0.15, -0.1) is 0 Å². The third kappa shape index (κ3) is 4.16. The van der Waals surface area contributed by atoms with Gasteiger partial charge in [0, 0.05) is 28.2 Å². The van der Waals surface area contributed by atoms with E-state index in [9.17, 15) is 8.78 Å². The molecule has 0 amide bonds. The topological polar surface area (TPSA) is 12.0 Å². The highest BCUT2D eigenvalue weighted by Gasteiger charge is 2.14. The van der Waals surface area contributed by atoms with E-state index in [2.05, 4.69) is 5.32 Å². The molecular formula is C16H15Cl2F2N. The highest BCUT2D eigenvalue weighted by atomic mass is 35.5. The minimum absolute atomic E-state index is 0.0579. The number of hydrogen-bond acceptors (Lipinski definition) is 1. The van der Waals surface area contributed by atoms with Crippen molar-refractivity contribution in [3.05, 3.63) is 69.2 Å². The van der Waals surface area contributed by atoms with Crippen LogP contribution in [0.2, 0.25) is 10.0 Å². The van der Waals surface area contributed by atoms with Crippen LogP contribution < -0.4 is 5.32 Å². The fourth-order valence-electron chi connectivity index (χ4n) is 2.17. The molecular weight excluding hydrogens is 315 g/mol. The van der Waals surface area contributed by atoms with E-state index < -0.39 is 11.6 Å². The van der Waals surface area contributed by atoms with Gasteiger partial charge in [0.2, 0.25) is 0 Å². The third-order valence-electron chi connectivity index (χ3n) is 3.29. The molecule has 2 aromatic rings. The maximum atomic E-state index is 13.6. The van der Waals surface area contributed by atoms with Gasteiger partial charge in [-0.3, -0.25) is 0 Å². The molecule has 1 nitrogen and oxygen atoms in total. The molecule has 112 valence electrons. The smallest absolute Gasteiger partial charge is 0.127 e. The van der Waals surface area contributed by atoms with Gasteiger partial charge in [-0.05, 0) is 42.3 Å². The number of nitrogens with one attached hydrogen (secondary N) is 1. The predicted molar refractivity (Wildman–Crippen MR) is 82.7 cm³/mol. The summed E-state index contributed by atoms with van der Waals surface area (Å²) in [6.45, 7) is 2.21. The van der Waals surface area contributed by atoms with Crippen molar-refractivity contribution >= 4 is 23.2 Å². The highest BCUT2D eigenvalue weighted by Crippen LogP contribution is 2.28. The lowest BCUT2D eigenvalue weighted by atomic mass is 10.0. The summed E-state index contributed by atoms with van der Waals surface area (Å²) in [6, 6.07) is 8.64. The van der Waals surface area contributed by atoms with Crippen LogP contribution in [0.4, 0.5) is 8.78 Å². The molecule has 21 heavy (non-hydrogen) atoms. The van der Waals surface area contributed by atoms with Gasteiger partial charge in [-0.25, -0.2) is 8.78 Å². The van der Waals surface area contributed by atoms with Crippen LogP contribution >= 0.6 is 23.2 Å². The largest absolute Gasteiger partial charge is 0.306 e. The maximum Gasteiger partial charge on any atom is 0.127 e. The summed E-state index contributed by atoms with van der Waals surface area (Å²) in [7, 11) is 0. The summed E-state index contributed by atoms with van der Waals surface area (Å²) < 4.78 is 26.8. The summed E-state index contributed by atoms with van der Waals surface area (Å²) in [4.78, 5) is 0. The summed E-state index contributed by atoms with van der Waals surface area (Å²) in [5.41, 5.74) is 1.18. The third-order valence-corrected chi connectivity index (χ3v) is 3.86. The van der Waals surface area contributed by atoms with Crippen LogP contribution in [0.3, 0.4) is 0 Å². The standard InChI is InChI=1S/C16H15Cl2F2N/c1-2-16(13-5-3-11(17)8-14(13)18)21-9-10-7-12(19)4-6-15(10)20/h3-8,16,21H,2,9H2,1H3. The van der Waals surface area contributed by atoms with E-state index in [0.29, 0.717) is 15.6 Å². The van der Waals surface area contributed by atoms with Gasteiger partial charge in [0.05, 0.1) is 0 Å². The second-order valence-electron chi connectivity index (χ2n) is 4.74. The SMILES string of the molecule is CCC(NCc1cc(F)ccc1F)c1ccc(Cl)cc1Cl. The van der Waals surface area contributed by atoms with E-state index in [1.807, 2.05) is 13.0 Å². The molecule has 2 rings (SSSR count). The van der Waals surface area contributed by atoms with Gasteiger partial charge in [-0.2, -0.15) is 0 Å². The molecule has 0 aliphatic carbocycles. The lowest BCUT2D eigenvalue weighted by Crippen LogP contribution is -2.21.